The van der Waals surface area contributed by atoms with Gasteiger partial charge in [0.2, 0.25) is 0 Å². The number of hydrogen-bond donors (Lipinski definition) is 0. The summed E-state index contributed by atoms with van der Waals surface area (Å²) in [5.74, 6) is -0.278. The Hall–Kier alpha value is -2.47. The lowest BCUT2D eigenvalue weighted by Gasteiger charge is -2.06. The fourth-order valence-electron chi connectivity index (χ4n) is 2.94. The van der Waals surface area contributed by atoms with Gasteiger partial charge in [-0.15, -0.1) is 0 Å². The molecule has 0 unspecified atom stereocenters. The van der Waals surface area contributed by atoms with Gasteiger partial charge in [-0.2, -0.15) is 0 Å². The summed E-state index contributed by atoms with van der Waals surface area (Å²) in [5.41, 5.74) is 4.12. The topological polar surface area (TPSA) is 55.7 Å². The Morgan fingerprint density at radius 2 is 1.77 bits per heavy atom. The molecule has 4 nitrogen and oxygen atoms in total. The van der Waals surface area contributed by atoms with Crippen LogP contribution < -0.4 is 0 Å². The maximum absolute atomic E-state index is 12.9. The average Bonchev–Trinajstić information content (AvgIpc) is 3.08. The SMILES string of the molecule is CS(=O)(=O)c1ccc(C2=C(/C=N/OCc3ccc(F)cc3)CCC2)cc1. The molecule has 0 aromatic heterocycles. The molecule has 1 aliphatic rings. The normalized spacial score (nSPS) is 15.0. The van der Waals surface area contributed by atoms with Crippen LogP contribution in [0.5, 0.6) is 0 Å². The van der Waals surface area contributed by atoms with E-state index in [0.717, 1.165) is 36.0 Å². The van der Waals surface area contributed by atoms with Gasteiger partial charge in [-0.25, -0.2) is 12.8 Å². The third-order valence-corrected chi connectivity index (χ3v) is 5.45. The Kier molecular flexibility index (Phi) is 5.52. The van der Waals surface area contributed by atoms with Gasteiger partial charge in [0.25, 0.3) is 0 Å². The van der Waals surface area contributed by atoms with Crippen LogP contribution in [0.1, 0.15) is 30.4 Å². The third-order valence-electron chi connectivity index (χ3n) is 4.32. The van der Waals surface area contributed by atoms with Gasteiger partial charge in [-0.3, -0.25) is 0 Å². The van der Waals surface area contributed by atoms with Crippen LogP contribution >= 0.6 is 0 Å². The number of benzene rings is 2. The highest BCUT2D eigenvalue weighted by Crippen LogP contribution is 2.33. The fourth-order valence-corrected chi connectivity index (χ4v) is 3.57. The highest BCUT2D eigenvalue weighted by molar-refractivity contribution is 7.90. The van der Waals surface area contributed by atoms with Gasteiger partial charge in [0, 0.05) is 6.26 Å². The molecule has 3 rings (SSSR count). The molecule has 0 aliphatic heterocycles. The number of sulfone groups is 1. The van der Waals surface area contributed by atoms with E-state index in [0.29, 0.717) is 4.90 Å². The summed E-state index contributed by atoms with van der Waals surface area (Å²) >= 11 is 0. The highest BCUT2D eigenvalue weighted by Gasteiger charge is 2.16. The summed E-state index contributed by atoms with van der Waals surface area (Å²) in [5, 5.41) is 4.03. The second-order valence-electron chi connectivity index (χ2n) is 6.29. The zero-order chi connectivity index (χ0) is 18.6. The Bertz CT molecular complexity index is 930. The number of nitrogens with zero attached hydrogens (tertiary/aromatic N) is 1. The van der Waals surface area contributed by atoms with Crippen molar-refractivity contribution in [3.63, 3.8) is 0 Å². The summed E-state index contributed by atoms with van der Waals surface area (Å²) in [6, 6.07) is 13.0. The first-order valence-corrected chi connectivity index (χ1v) is 10.2. The van der Waals surface area contributed by atoms with Crippen molar-refractivity contribution in [3.05, 3.63) is 71.0 Å². The van der Waals surface area contributed by atoms with Crippen LogP contribution in [0.3, 0.4) is 0 Å². The Morgan fingerprint density at radius 3 is 2.42 bits per heavy atom. The number of halogens is 1. The van der Waals surface area contributed by atoms with Crippen LogP contribution in [0.15, 0.2) is 64.2 Å². The average molecular weight is 373 g/mol. The van der Waals surface area contributed by atoms with E-state index in [1.165, 1.54) is 24.0 Å². The Balaban J connectivity index is 1.68. The number of allylic oxidation sites excluding steroid dienone is 2. The quantitative estimate of drug-likeness (QED) is 0.558. The monoisotopic (exact) mass is 373 g/mol. The van der Waals surface area contributed by atoms with Crippen LogP contribution in [-0.2, 0) is 21.3 Å². The first-order valence-electron chi connectivity index (χ1n) is 8.36. The van der Waals surface area contributed by atoms with E-state index in [-0.39, 0.29) is 12.4 Å². The summed E-state index contributed by atoms with van der Waals surface area (Å²) < 4.78 is 36.0. The zero-order valence-corrected chi connectivity index (χ0v) is 15.3. The maximum Gasteiger partial charge on any atom is 0.175 e. The van der Waals surface area contributed by atoms with Gasteiger partial charge in [-0.05, 0) is 65.8 Å². The number of oxime groups is 1. The summed E-state index contributed by atoms with van der Waals surface area (Å²) in [7, 11) is -3.19. The van der Waals surface area contributed by atoms with E-state index in [4.69, 9.17) is 4.84 Å². The first-order chi connectivity index (χ1) is 12.4. The second kappa shape index (κ2) is 7.83. The van der Waals surface area contributed by atoms with Crippen molar-refractivity contribution in [1.82, 2.24) is 0 Å². The second-order valence-corrected chi connectivity index (χ2v) is 8.30. The van der Waals surface area contributed by atoms with Crippen LogP contribution in [0.2, 0.25) is 0 Å². The molecule has 0 heterocycles. The molecule has 0 saturated carbocycles. The molecule has 0 amide bonds. The summed E-state index contributed by atoms with van der Waals surface area (Å²) in [6.45, 7) is 0.280. The van der Waals surface area contributed by atoms with Crippen molar-refractivity contribution in [3.8, 4) is 0 Å². The molecule has 0 N–H and O–H groups in total. The highest BCUT2D eigenvalue weighted by atomic mass is 32.2. The molecule has 0 radical (unpaired) electrons. The van der Waals surface area contributed by atoms with E-state index >= 15 is 0 Å². The minimum atomic E-state index is -3.19. The molecule has 2 aromatic carbocycles. The molecule has 0 saturated heterocycles. The van der Waals surface area contributed by atoms with Gasteiger partial charge < -0.3 is 4.84 Å². The molecule has 0 atom stereocenters. The van der Waals surface area contributed by atoms with E-state index in [2.05, 4.69) is 5.16 Å². The van der Waals surface area contributed by atoms with Crippen molar-refractivity contribution >= 4 is 21.6 Å². The van der Waals surface area contributed by atoms with Crippen molar-refractivity contribution in [1.29, 1.82) is 0 Å². The maximum atomic E-state index is 12.9. The predicted octanol–water partition coefficient (Wildman–Crippen LogP) is 4.37. The molecule has 1 aliphatic carbocycles. The Morgan fingerprint density at radius 1 is 1.08 bits per heavy atom. The fraction of sp³-hybridized carbons (Fsp3) is 0.250. The lowest BCUT2D eigenvalue weighted by atomic mass is 10.0. The molecule has 6 heteroatoms. The minimum Gasteiger partial charge on any atom is -0.391 e. The van der Waals surface area contributed by atoms with Crippen LogP contribution in [0.25, 0.3) is 5.57 Å². The molecule has 0 spiro atoms. The van der Waals surface area contributed by atoms with Crippen molar-refractivity contribution in [2.75, 3.05) is 6.26 Å². The smallest absolute Gasteiger partial charge is 0.175 e. The van der Waals surface area contributed by atoms with Gasteiger partial charge >= 0.3 is 0 Å². The minimum absolute atomic E-state index is 0.278. The summed E-state index contributed by atoms with van der Waals surface area (Å²) in [4.78, 5) is 5.62. The van der Waals surface area contributed by atoms with Gasteiger partial charge in [0.05, 0.1) is 11.1 Å². The van der Waals surface area contributed by atoms with E-state index in [1.54, 1.807) is 30.5 Å². The molecule has 0 fully saturated rings. The third kappa shape index (κ3) is 4.58. The van der Waals surface area contributed by atoms with E-state index in [1.807, 2.05) is 12.1 Å². The van der Waals surface area contributed by atoms with E-state index < -0.39 is 9.84 Å². The van der Waals surface area contributed by atoms with Gasteiger partial charge in [-0.1, -0.05) is 29.4 Å². The molecule has 26 heavy (non-hydrogen) atoms. The van der Waals surface area contributed by atoms with Crippen molar-refractivity contribution < 1.29 is 17.6 Å². The molecular weight excluding hydrogens is 353 g/mol. The lowest BCUT2D eigenvalue weighted by molar-refractivity contribution is 0.132. The van der Waals surface area contributed by atoms with Gasteiger partial charge in [0.1, 0.15) is 12.4 Å². The van der Waals surface area contributed by atoms with Crippen LogP contribution in [0.4, 0.5) is 4.39 Å². The first kappa shape index (κ1) is 18.3. The summed E-state index contributed by atoms with van der Waals surface area (Å²) in [6.07, 6.45) is 5.79. The molecule has 2 aromatic rings. The molecule has 0 bridgehead atoms. The van der Waals surface area contributed by atoms with Crippen LogP contribution in [-0.4, -0.2) is 20.9 Å². The zero-order valence-electron chi connectivity index (χ0n) is 14.5. The standard InChI is InChI=1S/C20H20FNO3S/c1-26(23,24)19-11-7-16(8-12-19)20-4-2-3-17(20)13-22-25-14-15-5-9-18(21)10-6-15/h5-13H,2-4,14H2,1H3/b22-13+. The molecule has 136 valence electrons. The molecular formula is C20H20FNO3S. The number of rotatable bonds is 6. The largest absolute Gasteiger partial charge is 0.391 e. The Labute approximate surface area is 152 Å². The number of hydrogen-bond acceptors (Lipinski definition) is 4. The predicted molar refractivity (Wildman–Crippen MR) is 100 cm³/mol. The van der Waals surface area contributed by atoms with Gasteiger partial charge in [0.15, 0.2) is 9.84 Å². The van der Waals surface area contributed by atoms with Crippen molar-refractivity contribution in [2.45, 2.75) is 30.8 Å². The lowest BCUT2D eigenvalue weighted by Crippen LogP contribution is -1.97. The van der Waals surface area contributed by atoms with Crippen molar-refractivity contribution in [2.24, 2.45) is 5.16 Å². The van der Waals surface area contributed by atoms with Crippen LogP contribution in [0, 0.1) is 5.82 Å². The van der Waals surface area contributed by atoms with E-state index in [9.17, 15) is 12.8 Å².